The molecule has 0 spiro atoms. The van der Waals surface area contributed by atoms with Crippen LogP contribution in [0.3, 0.4) is 0 Å². The fraction of sp³-hybridized carbons (Fsp3) is 0.250. The average molecular weight is 158 g/mol. The molecular formula is C12H14. The Morgan fingerprint density at radius 3 is 2.50 bits per heavy atom. The molecule has 0 aromatic heterocycles. The van der Waals surface area contributed by atoms with Crippen molar-refractivity contribution < 1.29 is 0 Å². The molecule has 0 bridgehead atoms. The first-order valence-electron chi connectivity index (χ1n) is 4.21. The molecule has 0 nitrogen and oxygen atoms in total. The van der Waals surface area contributed by atoms with Crippen molar-refractivity contribution in [2.45, 2.75) is 20.3 Å². The van der Waals surface area contributed by atoms with Gasteiger partial charge in [-0.2, -0.15) is 0 Å². The molecular weight excluding hydrogens is 144 g/mol. The molecule has 0 aliphatic rings. The molecule has 0 amide bonds. The van der Waals surface area contributed by atoms with Crippen LogP contribution in [-0.4, -0.2) is 0 Å². The molecule has 0 heterocycles. The summed E-state index contributed by atoms with van der Waals surface area (Å²) < 4.78 is 0. The minimum absolute atomic E-state index is 0.978. The summed E-state index contributed by atoms with van der Waals surface area (Å²) in [5.41, 5.74) is 5.75. The first kappa shape index (κ1) is 8.83. The Hall–Kier alpha value is -1.26. The van der Waals surface area contributed by atoms with E-state index in [0.29, 0.717) is 0 Å². The molecule has 0 saturated carbocycles. The van der Waals surface area contributed by atoms with Crippen LogP contribution in [0.15, 0.2) is 47.7 Å². The Bertz CT molecular complexity index is 283. The molecule has 0 heteroatoms. The molecule has 0 atom stereocenters. The zero-order chi connectivity index (χ0) is 8.81. The Morgan fingerprint density at radius 2 is 1.92 bits per heavy atom. The second kappa shape index (κ2) is 4.58. The molecule has 0 N–H and O–H groups in total. The molecule has 0 aliphatic carbocycles. The van der Waals surface area contributed by atoms with E-state index in [-0.39, 0.29) is 0 Å². The Kier molecular flexibility index (Phi) is 3.37. The monoisotopic (exact) mass is 158 g/mol. The Morgan fingerprint density at radius 1 is 1.25 bits per heavy atom. The zero-order valence-corrected chi connectivity index (χ0v) is 7.67. The lowest BCUT2D eigenvalue weighted by atomic mass is 10.1. The first-order chi connectivity index (χ1) is 5.79. The predicted octanol–water partition coefficient (Wildman–Crippen LogP) is 3.35. The lowest BCUT2D eigenvalue weighted by Crippen LogP contribution is -1.76. The second-order valence-electron chi connectivity index (χ2n) is 3.04. The maximum absolute atomic E-state index is 3.19. The largest absolute Gasteiger partial charge is 0.126 e. The highest BCUT2D eigenvalue weighted by Gasteiger charge is 1.83. The van der Waals surface area contributed by atoms with Crippen LogP contribution in [0.4, 0.5) is 0 Å². The summed E-state index contributed by atoms with van der Waals surface area (Å²) in [5, 5.41) is 0. The van der Waals surface area contributed by atoms with Gasteiger partial charge in [-0.25, -0.2) is 0 Å². The fourth-order valence-corrected chi connectivity index (χ4v) is 0.987. The maximum Gasteiger partial charge on any atom is -0.00213 e. The summed E-state index contributed by atoms with van der Waals surface area (Å²) in [5.74, 6) is 0. The number of hydrogen-bond donors (Lipinski definition) is 0. The van der Waals surface area contributed by atoms with Gasteiger partial charge >= 0.3 is 0 Å². The SMILES string of the molecule is CC(C)=C=CCc1ccccc1. The van der Waals surface area contributed by atoms with Gasteiger partial charge in [0.25, 0.3) is 0 Å². The molecule has 1 aromatic rings. The minimum Gasteiger partial charge on any atom is -0.126 e. The summed E-state index contributed by atoms with van der Waals surface area (Å²) in [4.78, 5) is 0. The van der Waals surface area contributed by atoms with Crippen molar-refractivity contribution in [1.82, 2.24) is 0 Å². The van der Waals surface area contributed by atoms with Crippen LogP contribution >= 0.6 is 0 Å². The van der Waals surface area contributed by atoms with Crippen LogP contribution in [0.5, 0.6) is 0 Å². The third kappa shape index (κ3) is 3.23. The van der Waals surface area contributed by atoms with E-state index >= 15 is 0 Å². The van der Waals surface area contributed by atoms with Crippen LogP contribution < -0.4 is 0 Å². The lowest BCUT2D eigenvalue weighted by molar-refractivity contribution is 1.26. The van der Waals surface area contributed by atoms with Crippen molar-refractivity contribution in [1.29, 1.82) is 0 Å². The molecule has 62 valence electrons. The molecule has 1 rings (SSSR count). The summed E-state index contributed by atoms with van der Waals surface area (Å²) in [6, 6.07) is 10.4. The molecule has 0 fully saturated rings. The summed E-state index contributed by atoms with van der Waals surface area (Å²) in [7, 11) is 0. The normalized spacial score (nSPS) is 8.83. The van der Waals surface area contributed by atoms with Crippen molar-refractivity contribution in [2.75, 3.05) is 0 Å². The number of rotatable bonds is 2. The van der Waals surface area contributed by atoms with E-state index in [2.05, 4.69) is 49.9 Å². The van der Waals surface area contributed by atoms with Crippen molar-refractivity contribution in [3.63, 3.8) is 0 Å². The van der Waals surface area contributed by atoms with E-state index < -0.39 is 0 Å². The van der Waals surface area contributed by atoms with Crippen molar-refractivity contribution in [2.24, 2.45) is 0 Å². The summed E-state index contributed by atoms with van der Waals surface area (Å²) >= 11 is 0. The highest BCUT2D eigenvalue weighted by atomic mass is 13.9. The second-order valence-corrected chi connectivity index (χ2v) is 3.04. The van der Waals surface area contributed by atoms with Gasteiger partial charge < -0.3 is 0 Å². The lowest BCUT2D eigenvalue weighted by Gasteiger charge is -1.91. The Balaban J connectivity index is 2.61. The third-order valence-corrected chi connectivity index (χ3v) is 1.57. The molecule has 0 saturated heterocycles. The van der Waals surface area contributed by atoms with Crippen molar-refractivity contribution in [3.05, 3.63) is 53.3 Å². The van der Waals surface area contributed by atoms with E-state index in [1.165, 1.54) is 11.1 Å². The first-order valence-corrected chi connectivity index (χ1v) is 4.21. The average Bonchev–Trinajstić information content (AvgIpc) is 2.05. The molecule has 12 heavy (non-hydrogen) atoms. The van der Waals surface area contributed by atoms with Crippen LogP contribution in [-0.2, 0) is 6.42 Å². The van der Waals surface area contributed by atoms with Gasteiger partial charge in [0, 0.05) is 0 Å². The van der Waals surface area contributed by atoms with Gasteiger partial charge in [0.1, 0.15) is 0 Å². The summed E-state index contributed by atoms with van der Waals surface area (Å²) in [6.45, 7) is 4.11. The van der Waals surface area contributed by atoms with Crippen LogP contribution in [0.25, 0.3) is 0 Å². The number of benzene rings is 1. The van der Waals surface area contributed by atoms with Crippen molar-refractivity contribution >= 4 is 0 Å². The van der Waals surface area contributed by atoms with Gasteiger partial charge in [0.2, 0.25) is 0 Å². The maximum atomic E-state index is 3.19. The summed E-state index contributed by atoms with van der Waals surface area (Å²) in [6.07, 6.45) is 3.05. The molecule has 1 aromatic carbocycles. The van der Waals surface area contributed by atoms with Gasteiger partial charge in [-0.05, 0) is 37.5 Å². The van der Waals surface area contributed by atoms with Crippen LogP contribution in [0, 0.1) is 0 Å². The van der Waals surface area contributed by atoms with Crippen LogP contribution in [0.1, 0.15) is 19.4 Å². The minimum atomic E-state index is 0.978. The topological polar surface area (TPSA) is 0 Å². The van der Waals surface area contributed by atoms with E-state index in [0.717, 1.165) is 6.42 Å². The van der Waals surface area contributed by atoms with Crippen LogP contribution in [0.2, 0.25) is 0 Å². The Labute approximate surface area is 74.2 Å². The zero-order valence-electron chi connectivity index (χ0n) is 7.67. The number of allylic oxidation sites excluding steroid dienone is 1. The van der Waals surface area contributed by atoms with Gasteiger partial charge in [0.05, 0.1) is 0 Å². The van der Waals surface area contributed by atoms with E-state index in [9.17, 15) is 0 Å². The molecule has 0 aliphatic heterocycles. The standard InChI is InChI=1S/C12H14/c1-11(2)7-6-10-12-8-4-3-5-9-12/h3-6,8-9H,10H2,1-2H3. The quantitative estimate of drug-likeness (QED) is 0.579. The van der Waals surface area contributed by atoms with Crippen molar-refractivity contribution in [3.8, 4) is 0 Å². The number of hydrogen-bond acceptors (Lipinski definition) is 0. The predicted molar refractivity (Wildman–Crippen MR) is 53.1 cm³/mol. The fourth-order valence-electron chi connectivity index (χ4n) is 0.987. The van der Waals surface area contributed by atoms with Gasteiger partial charge in [-0.1, -0.05) is 30.3 Å². The smallest absolute Gasteiger partial charge is 0.00213 e. The van der Waals surface area contributed by atoms with E-state index in [4.69, 9.17) is 0 Å². The highest BCUT2D eigenvalue weighted by Crippen LogP contribution is 1.99. The van der Waals surface area contributed by atoms with E-state index in [1.807, 2.05) is 6.07 Å². The van der Waals surface area contributed by atoms with Gasteiger partial charge in [0.15, 0.2) is 0 Å². The molecule has 0 unspecified atom stereocenters. The third-order valence-electron chi connectivity index (χ3n) is 1.57. The van der Waals surface area contributed by atoms with E-state index in [1.54, 1.807) is 0 Å². The molecule has 0 radical (unpaired) electrons. The van der Waals surface area contributed by atoms with Gasteiger partial charge in [-0.15, -0.1) is 5.73 Å². The van der Waals surface area contributed by atoms with Gasteiger partial charge in [-0.3, -0.25) is 0 Å². The highest BCUT2D eigenvalue weighted by molar-refractivity contribution is 5.17.